The van der Waals surface area contributed by atoms with Gasteiger partial charge in [0.25, 0.3) is 5.91 Å². The fourth-order valence-corrected chi connectivity index (χ4v) is 4.14. The molecule has 0 spiro atoms. The van der Waals surface area contributed by atoms with Gasteiger partial charge in [-0.2, -0.15) is 0 Å². The summed E-state index contributed by atoms with van der Waals surface area (Å²) in [5.74, 6) is 0.303. The van der Waals surface area contributed by atoms with Crippen LogP contribution in [0, 0.1) is 0 Å². The Hall–Kier alpha value is -1.69. The van der Waals surface area contributed by atoms with Gasteiger partial charge in [-0.05, 0) is 48.7 Å². The molecule has 1 unspecified atom stereocenters. The zero-order chi connectivity index (χ0) is 18.5. The number of benzene rings is 2. The fraction of sp³-hybridized carbons (Fsp3) is 0.263. The predicted octanol–water partition coefficient (Wildman–Crippen LogP) is 4.29. The molecule has 1 aliphatic heterocycles. The second-order valence-electron chi connectivity index (χ2n) is 6.02. The summed E-state index contributed by atoms with van der Waals surface area (Å²) < 4.78 is 0. The van der Waals surface area contributed by atoms with E-state index < -0.39 is 6.04 Å². The van der Waals surface area contributed by atoms with E-state index in [-0.39, 0.29) is 11.8 Å². The second kappa shape index (κ2) is 8.80. The molecule has 1 aliphatic rings. The quantitative estimate of drug-likeness (QED) is 0.725. The number of carbonyl (C=O) groups excluding carboxylic acids is 2. The number of hydrogen-bond donors (Lipinski definition) is 2. The van der Waals surface area contributed by atoms with Crippen LogP contribution in [-0.2, 0) is 10.5 Å². The monoisotopic (exact) mass is 408 g/mol. The molecule has 136 valence electrons. The van der Waals surface area contributed by atoms with E-state index in [9.17, 15) is 9.59 Å². The maximum atomic E-state index is 12.4. The van der Waals surface area contributed by atoms with Gasteiger partial charge >= 0.3 is 0 Å². The second-order valence-corrected chi connectivity index (χ2v) is 7.88. The van der Waals surface area contributed by atoms with Crippen molar-refractivity contribution >= 4 is 46.8 Å². The van der Waals surface area contributed by atoms with E-state index in [4.69, 9.17) is 23.2 Å². The average Bonchev–Trinajstić information content (AvgIpc) is 2.64. The van der Waals surface area contributed by atoms with Crippen molar-refractivity contribution in [3.63, 3.8) is 0 Å². The first kappa shape index (κ1) is 19.1. The summed E-state index contributed by atoms with van der Waals surface area (Å²) in [6.45, 7) is 0.671. The third-order valence-electron chi connectivity index (χ3n) is 4.07. The molecule has 0 aromatic heterocycles. The number of piperidine rings is 1. The fourth-order valence-electron chi connectivity index (χ4n) is 2.70. The summed E-state index contributed by atoms with van der Waals surface area (Å²) in [4.78, 5) is 25.1. The van der Waals surface area contributed by atoms with Crippen LogP contribution in [-0.4, -0.2) is 24.4 Å². The third-order valence-corrected chi connectivity index (χ3v) is 5.87. The van der Waals surface area contributed by atoms with Gasteiger partial charge in [-0.15, -0.1) is 11.8 Å². The number of halogens is 2. The molecular weight excluding hydrogens is 391 g/mol. The topological polar surface area (TPSA) is 58.2 Å². The highest BCUT2D eigenvalue weighted by Crippen LogP contribution is 2.32. The minimum absolute atomic E-state index is 0.119. The van der Waals surface area contributed by atoms with E-state index in [1.54, 1.807) is 30.0 Å². The minimum atomic E-state index is -0.459. The molecule has 0 bridgehead atoms. The first-order valence-corrected chi connectivity index (χ1v) is 10.0. The van der Waals surface area contributed by atoms with E-state index in [2.05, 4.69) is 10.6 Å². The number of rotatable bonds is 5. The molecule has 26 heavy (non-hydrogen) atoms. The lowest BCUT2D eigenvalue weighted by molar-refractivity contribution is -0.124. The highest BCUT2D eigenvalue weighted by molar-refractivity contribution is 7.98. The van der Waals surface area contributed by atoms with Crippen LogP contribution in [0.15, 0.2) is 47.4 Å². The molecule has 0 radical (unpaired) electrons. The van der Waals surface area contributed by atoms with Crippen LogP contribution in [0.1, 0.15) is 28.8 Å². The standard InChI is InChI=1S/C19H18Cl2N2O2S/c20-14-6-7-15(21)17(10-14)26-11-12-3-1-4-13(9-12)18(24)23-16-5-2-8-22-19(16)25/h1,3-4,6-7,9-10,16H,2,5,8,11H2,(H,22,25)(H,23,24). The molecule has 2 N–H and O–H groups in total. The van der Waals surface area contributed by atoms with Crippen molar-refractivity contribution in [2.75, 3.05) is 6.54 Å². The summed E-state index contributed by atoms with van der Waals surface area (Å²) in [6.07, 6.45) is 1.54. The lowest BCUT2D eigenvalue weighted by Crippen LogP contribution is -2.50. The predicted molar refractivity (Wildman–Crippen MR) is 106 cm³/mol. The highest BCUT2D eigenvalue weighted by atomic mass is 35.5. The van der Waals surface area contributed by atoms with Crippen molar-refractivity contribution in [3.05, 3.63) is 63.6 Å². The van der Waals surface area contributed by atoms with E-state index >= 15 is 0 Å². The first-order valence-electron chi connectivity index (χ1n) is 8.28. The molecule has 2 amide bonds. The summed E-state index contributed by atoms with van der Waals surface area (Å²) in [7, 11) is 0. The molecule has 1 fully saturated rings. The molecule has 0 aliphatic carbocycles. The van der Waals surface area contributed by atoms with Gasteiger partial charge in [-0.3, -0.25) is 9.59 Å². The largest absolute Gasteiger partial charge is 0.354 e. The number of hydrogen-bond acceptors (Lipinski definition) is 3. The Kier molecular flexibility index (Phi) is 6.46. The Labute approximate surface area is 166 Å². The number of amides is 2. The van der Waals surface area contributed by atoms with Crippen molar-refractivity contribution in [2.24, 2.45) is 0 Å². The average molecular weight is 409 g/mol. The van der Waals surface area contributed by atoms with Crippen LogP contribution >= 0.6 is 35.0 Å². The van der Waals surface area contributed by atoms with Crippen molar-refractivity contribution < 1.29 is 9.59 Å². The van der Waals surface area contributed by atoms with Gasteiger partial charge in [-0.25, -0.2) is 0 Å². The summed E-state index contributed by atoms with van der Waals surface area (Å²) in [5.41, 5.74) is 1.53. The summed E-state index contributed by atoms with van der Waals surface area (Å²) >= 11 is 13.8. The number of carbonyl (C=O) groups is 2. The van der Waals surface area contributed by atoms with Crippen LogP contribution in [0.5, 0.6) is 0 Å². The van der Waals surface area contributed by atoms with Gasteiger partial charge in [0.1, 0.15) is 6.04 Å². The van der Waals surface area contributed by atoms with Gasteiger partial charge in [0, 0.05) is 27.8 Å². The van der Waals surface area contributed by atoms with Gasteiger partial charge in [0.05, 0.1) is 5.02 Å². The van der Waals surface area contributed by atoms with E-state index in [0.29, 0.717) is 34.3 Å². The van der Waals surface area contributed by atoms with Crippen molar-refractivity contribution in [1.29, 1.82) is 0 Å². The van der Waals surface area contributed by atoms with E-state index in [1.807, 2.05) is 24.3 Å². The van der Waals surface area contributed by atoms with Gasteiger partial charge < -0.3 is 10.6 Å². The molecule has 0 saturated carbocycles. The van der Waals surface area contributed by atoms with E-state index in [1.165, 1.54) is 0 Å². The summed E-state index contributed by atoms with van der Waals surface area (Å²) in [5, 5.41) is 6.86. The van der Waals surface area contributed by atoms with Crippen LogP contribution in [0.4, 0.5) is 0 Å². The lowest BCUT2D eigenvalue weighted by atomic mass is 10.1. The number of nitrogens with one attached hydrogen (secondary N) is 2. The van der Waals surface area contributed by atoms with Crippen molar-refractivity contribution in [3.8, 4) is 0 Å². The Morgan fingerprint density at radius 1 is 1.23 bits per heavy atom. The Morgan fingerprint density at radius 2 is 2.08 bits per heavy atom. The Bertz CT molecular complexity index is 829. The SMILES string of the molecule is O=C(NC1CCCNC1=O)c1cccc(CSc2cc(Cl)ccc2Cl)c1. The van der Waals surface area contributed by atoms with Gasteiger partial charge in [-0.1, -0.05) is 35.3 Å². The molecule has 4 nitrogen and oxygen atoms in total. The van der Waals surface area contributed by atoms with Crippen LogP contribution < -0.4 is 10.6 Å². The zero-order valence-electron chi connectivity index (χ0n) is 13.9. The third kappa shape index (κ3) is 4.93. The zero-order valence-corrected chi connectivity index (χ0v) is 16.3. The highest BCUT2D eigenvalue weighted by Gasteiger charge is 2.24. The molecule has 2 aromatic carbocycles. The normalized spacial score (nSPS) is 16.8. The molecule has 2 aromatic rings. The molecule has 1 atom stereocenters. The molecule has 3 rings (SSSR count). The maximum Gasteiger partial charge on any atom is 0.251 e. The molecule has 1 saturated heterocycles. The van der Waals surface area contributed by atoms with E-state index in [0.717, 1.165) is 16.9 Å². The minimum Gasteiger partial charge on any atom is -0.354 e. The Morgan fingerprint density at radius 3 is 2.88 bits per heavy atom. The number of thioether (sulfide) groups is 1. The Balaban J connectivity index is 1.65. The van der Waals surface area contributed by atoms with Crippen molar-refractivity contribution in [1.82, 2.24) is 10.6 Å². The lowest BCUT2D eigenvalue weighted by Gasteiger charge is -2.22. The smallest absolute Gasteiger partial charge is 0.251 e. The van der Waals surface area contributed by atoms with Gasteiger partial charge in [0.2, 0.25) is 5.91 Å². The van der Waals surface area contributed by atoms with Crippen molar-refractivity contribution in [2.45, 2.75) is 29.5 Å². The first-order chi connectivity index (χ1) is 12.5. The molecule has 1 heterocycles. The van der Waals surface area contributed by atoms with Crippen LogP contribution in [0.25, 0.3) is 0 Å². The van der Waals surface area contributed by atoms with Crippen LogP contribution in [0.2, 0.25) is 10.0 Å². The van der Waals surface area contributed by atoms with Crippen LogP contribution in [0.3, 0.4) is 0 Å². The maximum absolute atomic E-state index is 12.4. The molecule has 7 heteroatoms. The van der Waals surface area contributed by atoms with Gasteiger partial charge in [0.15, 0.2) is 0 Å². The molecular formula is C19H18Cl2N2O2S. The summed E-state index contributed by atoms with van der Waals surface area (Å²) in [6, 6.07) is 12.3.